The second-order valence-electron chi connectivity index (χ2n) is 3.67. The molecule has 0 saturated heterocycles. The Morgan fingerprint density at radius 2 is 2.19 bits per heavy atom. The number of nitrogens with one attached hydrogen (secondary N) is 1. The Kier molecular flexibility index (Phi) is 9.12. The van der Waals surface area contributed by atoms with Crippen LogP contribution in [-0.4, -0.2) is 55.1 Å². The number of ether oxygens (including phenoxy) is 1. The van der Waals surface area contributed by atoms with Gasteiger partial charge < -0.3 is 26.0 Å². The van der Waals surface area contributed by atoms with Gasteiger partial charge in [0.2, 0.25) is 0 Å². The molecule has 0 aliphatic heterocycles. The molecule has 0 saturated carbocycles. The smallest absolute Gasteiger partial charge is 0.322 e. The highest BCUT2D eigenvalue weighted by Crippen LogP contribution is 1.99. The van der Waals surface area contributed by atoms with Gasteiger partial charge in [-0.1, -0.05) is 6.42 Å². The minimum absolute atomic E-state index is 0.236. The fourth-order valence-electron chi connectivity index (χ4n) is 1.22. The SMILES string of the molecule is COC(=O)C(N)CCCCNCC(O)CO. The van der Waals surface area contributed by atoms with Crippen LogP contribution in [0.1, 0.15) is 19.3 Å². The Morgan fingerprint density at radius 1 is 1.50 bits per heavy atom. The van der Waals surface area contributed by atoms with Crippen molar-refractivity contribution in [3.8, 4) is 0 Å². The van der Waals surface area contributed by atoms with Gasteiger partial charge in [0, 0.05) is 6.54 Å². The third-order valence-electron chi connectivity index (χ3n) is 2.21. The number of aliphatic hydroxyl groups is 2. The van der Waals surface area contributed by atoms with Gasteiger partial charge in [-0.05, 0) is 19.4 Å². The molecule has 0 aliphatic carbocycles. The summed E-state index contributed by atoms with van der Waals surface area (Å²) in [6, 6.07) is -0.548. The number of hydrogen-bond acceptors (Lipinski definition) is 6. The van der Waals surface area contributed by atoms with E-state index in [1.807, 2.05) is 0 Å². The van der Waals surface area contributed by atoms with Gasteiger partial charge in [0.05, 0.1) is 19.8 Å². The highest BCUT2D eigenvalue weighted by Gasteiger charge is 2.12. The quantitative estimate of drug-likeness (QED) is 0.289. The fraction of sp³-hybridized carbons (Fsp3) is 0.900. The average Bonchev–Trinajstić information content (AvgIpc) is 2.31. The molecule has 0 bridgehead atoms. The van der Waals surface area contributed by atoms with Gasteiger partial charge in [-0.25, -0.2) is 0 Å². The standard InChI is InChI=1S/C10H22N2O4/c1-16-10(15)9(11)4-2-3-5-12-6-8(14)7-13/h8-9,12-14H,2-7,11H2,1H3. The van der Waals surface area contributed by atoms with E-state index in [1.165, 1.54) is 7.11 Å². The van der Waals surface area contributed by atoms with Crippen molar-refractivity contribution >= 4 is 5.97 Å². The summed E-state index contributed by atoms with van der Waals surface area (Å²) < 4.78 is 4.50. The predicted octanol–water partition coefficient (Wildman–Crippen LogP) is -1.40. The lowest BCUT2D eigenvalue weighted by Gasteiger charge is -2.10. The second-order valence-corrected chi connectivity index (χ2v) is 3.67. The Morgan fingerprint density at radius 3 is 2.75 bits per heavy atom. The van der Waals surface area contributed by atoms with Gasteiger partial charge >= 0.3 is 5.97 Å². The highest BCUT2D eigenvalue weighted by atomic mass is 16.5. The van der Waals surface area contributed by atoms with Crippen LogP contribution in [0.5, 0.6) is 0 Å². The molecule has 0 aromatic rings. The Balaban J connectivity index is 3.30. The number of methoxy groups -OCH3 is 1. The van der Waals surface area contributed by atoms with Crippen molar-refractivity contribution in [2.75, 3.05) is 26.8 Å². The molecule has 0 aliphatic rings. The van der Waals surface area contributed by atoms with Crippen LogP contribution >= 0.6 is 0 Å². The molecule has 96 valence electrons. The van der Waals surface area contributed by atoms with Crippen molar-refractivity contribution in [2.45, 2.75) is 31.4 Å². The second kappa shape index (κ2) is 9.53. The summed E-state index contributed by atoms with van der Waals surface area (Å²) in [6.45, 7) is 0.866. The van der Waals surface area contributed by atoms with E-state index in [9.17, 15) is 4.79 Å². The molecule has 16 heavy (non-hydrogen) atoms. The Hall–Kier alpha value is -0.690. The first kappa shape index (κ1) is 15.3. The van der Waals surface area contributed by atoms with Crippen LogP contribution < -0.4 is 11.1 Å². The number of carbonyl (C=O) groups is 1. The monoisotopic (exact) mass is 234 g/mol. The fourth-order valence-corrected chi connectivity index (χ4v) is 1.22. The zero-order valence-electron chi connectivity index (χ0n) is 9.69. The van der Waals surface area contributed by atoms with E-state index in [1.54, 1.807) is 0 Å². The summed E-state index contributed by atoms with van der Waals surface area (Å²) in [5.74, 6) is -0.385. The van der Waals surface area contributed by atoms with Crippen LogP contribution in [0.15, 0.2) is 0 Å². The third-order valence-corrected chi connectivity index (χ3v) is 2.21. The van der Waals surface area contributed by atoms with E-state index in [0.717, 1.165) is 19.4 Å². The molecule has 0 heterocycles. The number of aliphatic hydroxyl groups excluding tert-OH is 2. The number of unbranched alkanes of at least 4 members (excludes halogenated alkanes) is 1. The van der Waals surface area contributed by atoms with Gasteiger partial charge in [0.15, 0.2) is 0 Å². The lowest BCUT2D eigenvalue weighted by Crippen LogP contribution is -2.32. The van der Waals surface area contributed by atoms with E-state index in [0.29, 0.717) is 13.0 Å². The Labute approximate surface area is 95.8 Å². The molecule has 6 heteroatoms. The van der Waals surface area contributed by atoms with Crippen molar-refractivity contribution in [3.63, 3.8) is 0 Å². The number of esters is 1. The van der Waals surface area contributed by atoms with E-state index >= 15 is 0 Å². The van der Waals surface area contributed by atoms with Gasteiger partial charge in [0.1, 0.15) is 6.04 Å². The maximum atomic E-state index is 10.9. The minimum Gasteiger partial charge on any atom is -0.468 e. The van der Waals surface area contributed by atoms with Crippen molar-refractivity contribution in [1.29, 1.82) is 0 Å². The van der Waals surface area contributed by atoms with E-state index in [-0.39, 0.29) is 12.6 Å². The first-order valence-electron chi connectivity index (χ1n) is 5.44. The zero-order valence-corrected chi connectivity index (χ0v) is 9.69. The molecule has 6 nitrogen and oxygen atoms in total. The average molecular weight is 234 g/mol. The molecule has 0 fully saturated rings. The third kappa shape index (κ3) is 7.58. The molecule has 0 spiro atoms. The number of carbonyl (C=O) groups excluding carboxylic acids is 1. The van der Waals surface area contributed by atoms with Gasteiger partial charge in [0.25, 0.3) is 0 Å². The first-order valence-corrected chi connectivity index (χ1v) is 5.44. The maximum absolute atomic E-state index is 10.9. The van der Waals surface area contributed by atoms with Crippen LogP contribution in [0.25, 0.3) is 0 Å². The van der Waals surface area contributed by atoms with Crippen LogP contribution in [0, 0.1) is 0 Å². The lowest BCUT2D eigenvalue weighted by atomic mass is 10.1. The van der Waals surface area contributed by atoms with Crippen molar-refractivity contribution in [3.05, 3.63) is 0 Å². The first-order chi connectivity index (χ1) is 7.61. The molecule has 0 aromatic heterocycles. The highest BCUT2D eigenvalue weighted by molar-refractivity contribution is 5.75. The molecule has 2 unspecified atom stereocenters. The van der Waals surface area contributed by atoms with E-state index in [4.69, 9.17) is 15.9 Å². The summed E-state index contributed by atoms with van der Waals surface area (Å²) in [7, 11) is 1.32. The van der Waals surface area contributed by atoms with Crippen LogP contribution in [0.2, 0.25) is 0 Å². The van der Waals surface area contributed by atoms with Crippen LogP contribution in [0.3, 0.4) is 0 Å². The van der Waals surface area contributed by atoms with Crippen molar-refractivity contribution < 1.29 is 19.7 Å². The Bertz CT molecular complexity index is 190. The number of rotatable bonds is 9. The molecule has 0 radical (unpaired) electrons. The summed E-state index contributed by atoms with van der Waals surface area (Å²) in [5, 5.41) is 20.5. The summed E-state index contributed by atoms with van der Waals surface area (Å²) in [4.78, 5) is 10.9. The van der Waals surface area contributed by atoms with Crippen molar-refractivity contribution in [2.24, 2.45) is 5.73 Å². The van der Waals surface area contributed by atoms with Crippen LogP contribution in [0.4, 0.5) is 0 Å². The summed E-state index contributed by atoms with van der Waals surface area (Å²) in [5.41, 5.74) is 5.54. The molecule has 2 atom stereocenters. The predicted molar refractivity (Wildman–Crippen MR) is 59.8 cm³/mol. The van der Waals surface area contributed by atoms with Crippen molar-refractivity contribution in [1.82, 2.24) is 5.32 Å². The van der Waals surface area contributed by atoms with Gasteiger partial charge in [-0.3, -0.25) is 4.79 Å². The molecular weight excluding hydrogens is 212 g/mol. The summed E-state index contributed by atoms with van der Waals surface area (Å²) >= 11 is 0. The zero-order chi connectivity index (χ0) is 12.4. The van der Waals surface area contributed by atoms with E-state index < -0.39 is 12.1 Å². The van der Waals surface area contributed by atoms with Gasteiger partial charge in [-0.15, -0.1) is 0 Å². The summed E-state index contributed by atoms with van der Waals surface area (Å²) in [6.07, 6.45) is 1.57. The molecule has 0 amide bonds. The topological polar surface area (TPSA) is 105 Å². The molecule has 5 N–H and O–H groups in total. The minimum atomic E-state index is -0.711. The van der Waals surface area contributed by atoms with E-state index in [2.05, 4.69) is 10.1 Å². The number of hydrogen-bond donors (Lipinski definition) is 4. The number of nitrogens with two attached hydrogens (primary N) is 1. The molecule has 0 aromatic carbocycles. The molecular formula is C10H22N2O4. The molecule has 0 rings (SSSR count). The van der Waals surface area contributed by atoms with Gasteiger partial charge in [-0.2, -0.15) is 0 Å². The maximum Gasteiger partial charge on any atom is 0.322 e. The largest absolute Gasteiger partial charge is 0.468 e. The normalized spacial score (nSPS) is 14.5. The van der Waals surface area contributed by atoms with Crippen LogP contribution in [-0.2, 0) is 9.53 Å². The lowest BCUT2D eigenvalue weighted by molar-refractivity contribution is -0.142.